The predicted molar refractivity (Wildman–Crippen MR) is 101 cm³/mol. The van der Waals surface area contributed by atoms with Crippen LogP contribution in [0.4, 0.5) is 8.78 Å². The van der Waals surface area contributed by atoms with Gasteiger partial charge in [-0.2, -0.15) is 0 Å². The van der Waals surface area contributed by atoms with Crippen molar-refractivity contribution in [2.75, 3.05) is 32.8 Å². The van der Waals surface area contributed by atoms with Crippen LogP contribution >= 0.6 is 23.2 Å². The second-order valence-corrected chi connectivity index (χ2v) is 6.94. The maximum atomic E-state index is 12.7. The summed E-state index contributed by atoms with van der Waals surface area (Å²) >= 11 is 12.1. The maximum absolute atomic E-state index is 12.7. The molecule has 0 spiro atoms. The Hall–Kier alpha value is -1.87. The van der Waals surface area contributed by atoms with Gasteiger partial charge < -0.3 is 10.1 Å². The van der Waals surface area contributed by atoms with E-state index < -0.39 is 12.2 Å². The second-order valence-electron chi connectivity index (χ2n) is 6.15. The van der Waals surface area contributed by atoms with Crippen LogP contribution in [0, 0.1) is 0 Å². The van der Waals surface area contributed by atoms with Crippen LogP contribution < -0.4 is 5.32 Å². The van der Waals surface area contributed by atoms with Crippen molar-refractivity contribution in [2.45, 2.75) is 12.5 Å². The smallest absolute Gasteiger partial charge is 0.297 e. The van der Waals surface area contributed by atoms with Crippen molar-refractivity contribution >= 4 is 29.1 Å². The van der Waals surface area contributed by atoms with Gasteiger partial charge in [-0.25, -0.2) is 18.7 Å². The molecule has 1 fully saturated rings. The Labute approximate surface area is 170 Å². The topological polar surface area (TPSA) is 67.4 Å². The summed E-state index contributed by atoms with van der Waals surface area (Å²) in [5, 5.41) is 3.29. The van der Waals surface area contributed by atoms with E-state index >= 15 is 0 Å². The van der Waals surface area contributed by atoms with E-state index in [4.69, 9.17) is 27.9 Å². The van der Waals surface area contributed by atoms with Crippen LogP contribution in [0.5, 0.6) is 0 Å². The zero-order chi connectivity index (χ0) is 20.1. The van der Waals surface area contributed by atoms with E-state index in [1.54, 1.807) is 18.2 Å². The highest BCUT2D eigenvalue weighted by atomic mass is 35.5. The molecule has 1 aromatic carbocycles. The van der Waals surface area contributed by atoms with E-state index in [0.717, 1.165) is 0 Å². The number of aromatic nitrogens is 2. The van der Waals surface area contributed by atoms with E-state index in [9.17, 15) is 13.6 Å². The van der Waals surface area contributed by atoms with Crippen molar-refractivity contribution in [1.82, 2.24) is 20.2 Å². The Kier molecular flexibility index (Phi) is 7.12. The van der Waals surface area contributed by atoms with Gasteiger partial charge in [0.05, 0.1) is 34.9 Å². The molecule has 28 heavy (non-hydrogen) atoms. The summed E-state index contributed by atoms with van der Waals surface area (Å²) in [7, 11) is 0. The highest BCUT2D eigenvalue weighted by molar-refractivity contribution is 6.43. The molecule has 0 aliphatic carbocycles. The molecule has 2 heterocycles. The average Bonchev–Trinajstić information content (AvgIpc) is 2.71. The largest absolute Gasteiger partial charge is 0.379 e. The van der Waals surface area contributed by atoms with Gasteiger partial charge in [-0.1, -0.05) is 29.3 Å². The normalized spacial score (nSPS) is 16.2. The summed E-state index contributed by atoms with van der Waals surface area (Å²) in [6, 6.07) is 4.52. The molecule has 1 atom stereocenters. The SMILES string of the molecule is O=C(NCC(c1cnc(C(F)F)nc1)N1CCOCC1)c1cccc(Cl)c1Cl. The summed E-state index contributed by atoms with van der Waals surface area (Å²) in [6.07, 6.45) is 0.000802. The van der Waals surface area contributed by atoms with E-state index in [0.29, 0.717) is 31.9 Å². The van der Waals surface area contributed by atoms with Crippen molar-refractivity contribution in [3.63, 3.8) is 0 Å². The predicted octanol–water partition coefficient (Wildman–Crippen LogP) is 3.52. The third-order valence-electron chi connectivity index (χ3n) is 4.41. The molecule has 10 heteroatoms. The molecule has 1 unspecified atom stereocenters. The van der Waals surface area contributed by atoms with Crippen LogP contribution in [0.2, 0.25) is 10.0 Å². The minimum atomic E-state index is -2.74. The highest BCUT2D eigenvalue weighted by Gasteiger charge is 2.25. The Morgan fingerprint density at radius 3 is 2.54 bits per heavy atom. The van der Waals surface area contributed by atoms with Gasteiger partial charge in [0.25, 0.3) is 12.3 Å². The minimum Gasteiger partial charge on any atom is -0.379 e. The second kappa shape index (κ2) is 9.56. The Balaban J connectivity index is 1.77. The number of morpholine rings is 1. The van der Waals surface area contributed by atoms with Crippen LogP contribution in [0.25, 0.3) is 0 Å². The molecule has 1 aliphatic rings. The zero-order valence-electron chi connectivity index (χ0n) is 14.7. The summed E-state index contributed by atoms with van der Waals surface area (Å²) in [6.45, 7) is 2.57. The van der Waals surface area contributed by atoms with Crippen LogP contribution in [-0.2, 0) is 4.74 Å². The third-order valence-corrected chi connectivity index (χ3v) is 5.23. The van der Waals surface area contributed by atoms with Gasteiger partial charge in [0, 0.05) is 37.6 Å². The molecule has 2 aromatic rings. The van der Waals surface area contributed by atoms with Gasteiger partial charge >= 0.3 is 0 Å². The van der Waals surface area contributed by atoms with E-state index in [1.807, 2.05) is 0 Å². The summed E-state index contributed by atoms with van der Waals surface area (Å²) in [5.41, 5.74) is 0.892. The number of alkyl halides is 2. The number of amides is 1. The lowest BCUT2D eigenvalue weighted by molar-refractivity contribution is 0.0160. The average molecular weight is 431 g/mol. The van der Waals surface area contributed by atoms with Gasteiger partial charge in [0.2, 0.25) is 0 Å². The van der Waals surface area contributed by atoms with Crippen molar-refractivity contribution in [3.8, 4) is 0 Å². The lowest BCUT2D eigenvalue weighted by atomic mass is 10.1. The number of benzene rings is 1. The van der Waals surface area contributed by atoms with Crippen molar-refractivity contribution in [1.29, 1.82) is 0 Å². The number of hydrogen-bond donors (Lipinski definition) is 1. The first kappa shape index (κ1) is 20.9. The van der Waals surface area contributed by atoms with Gasteiger partial charge in [0.1, 0.15) is 0 Å². The molecule has 150 valence electrons. The maximum Gasteiger partial charge on any atom is 0.297 e. The zero-order valence-corrected chi connectivity index (χ0v) is 16.3. The Morgan fingerprint density at radius 1 is 1.21 bits per heavy atom. The van der Waals surface area contributed by atoms with E-state index in [1.165, 1.54) is 12.4 Å². The first-order valence-electron chi connectivity index (χ1n) is 8.61. The number of hydrogen-bond acceptors (Lipinski definition) is 5. The van der Waals surface area contributed by atoms with Crippen molar-refractivity contribution < 1.29 is 18.3 Å². The van der Waals surface area contributed by atoms with Gasteiger partial charge in [-0.15, -0.1) is 0 Å². The van der Waals surface area contributed by atoms with Crippen LogP contribution in [0.1, 0.15) is 34.2 Å². The van der Waals surface area contributed by atoms with Crippen LogP contribution in [0.15, 0.2) is 30.6 Å². The molecule has 0 radical (unpaired) electrons. The van der Waals surface area contributed by atoms with E-state index in [-0.39, 0.29) is 34.1 Å². The fourth-order valence-corrected chi connectivity index (χ4v) is 3.33. The van der Waals surface area contributed by atoms with Crippen LogP contribution in [-0.4, -0.2) is 53.6 Å². The lowest BCUT2D eigenvalue weighted by Crippen LogP contribution is -2.44. The first-order valence-corrected chi connectivity index (χ1v) is 9.37. The lowest BCUT2D eigenvalue weighted by Gasteiger charge is -2.34. The van der Waals surface area contributed by atoms with Crippen molar-refractivity contribution in [2.24, 2.45) is 0 Å². The van der Waals surface area contributed by atoms with Gasteiger partial charge in [0.15, 0.2) is 5.82 Å². The van der Waals surface area contributed by atoms with Gasteiger partial charge in [-0.05, 0) is 12.1 Å². The number of rotatable bonds is 6. The summed E-state index contributed by atoms with van der Waals surface area (Å²) < 4.78 is 30.8. The molecule has 1 amide bonds. The van der Waals surface area contributed by atoms with Crippen molar-refractivity contribution in [3.05, 3.63) is 57.6 Å². The standard InChI is InChI=1S/C18H18Cl2F2N4O2/c19-13-3-1-2-12(15(13)20)18(27)25-10-14(26-4-6-28-7-5-26)11-8-23-17(16(21)22)24-9-11/h1-3,8-9,14,16H,4-7,10H2,(H,25,27). The van der Waals surface area contributed by atoms with E-state index in [2.05, 4.69) is 20.2 Å². The number of ether oxygens (including phenoxy) is 1. The third kappa shape index (κ3) is 4.94. The summed E-state index contributed by atoms with van der Waals surface area (Å²) in [4.78, 5) is 22.1. The molecule has 1 aromatic heterocycles. The summed E-state index contributed by atoms with van der Waals surface area (Å²) in [5.74, 6) is -0.907. The van der Waals surface area contributed by atoms with Crippen LogP contribution in [0.3, 0.4) is 0 Å². The molecule has 6 nitrogen and oxygen atoms in total. The number of halogens is 4. The van der Waals surface area contributed by atoms with Gasteiger partial charge in [-0.3, -0.25) is 9.69 Å². The monoisotopic (exact) mass is 430 g/mol. The molecular formula is C18H18Cl2F2N4O2. The molecule has 1 aliphatic heterocycles. The number of nitrogens with zero attached hydrogens (tertiary/aromatic N) is 3. The number of carbonyl (C=O) groups is 1. The number of nitrogens with one attached hydrogen (secondary N) is 1. The molecule has 1 saturated heterocycles. The molecule has 1 N–H and O–H groups in total. The molecule has 0 saturated carbocycles. The fourth-order valence-electron chi connectivity index (χ4n) is 2.94. The fraction of sp³-hybridized carbons (Fsp3) is 0.389. The molecule has 3 rings (SSSR count). The quantitative estimate of drug-likeness (QED) is 0.758. The molecular weight excluding hydrogens is 413 g/mol. The highest BCUT2D eigenvalue weighted by Crippen LogP contribution is 2.26. The first-order chi connectivity index (χ1) is 13.5. The minimum absolute atomic E-state index is 0.175. The Bertz CT molecular complexity index is 818. The number of carbonyl (C=O) groups excluding carboxylic acids is 1. The molecule has 0 bridgehead atoms. The Morgan fingerprint density at radius 2 is 1.89 bits per heavy atom.